The maximum atomic E-state index is 4.26. The Hall–Kier alpha value is -0.830. The van der Waals surface area contributed by atoms with Gasteiger partial charge < -0.3 is 5.32 Å². The van der Waals surface area contributed by atoms with Gasteiger partial charge in [0, 0.05) is 18.9 Å². The van der Waals surface area contributed by atoms with Crippen LogP contribution in [-0.2, 0) is 0 Å². The minimum absolute atomic E-state index is 0.572. The third kappa shape index (κ3) is 1.67. The highest BCUT2D eigenvalue weighted by atomic mass is 15.3. The summed E-state index contributed by atoms with van der Waals surface area (Å²) in [6.45, 7) is 2.24. The average molecular weight is 165 g/mol. The summed E-state index contributed by atoms with van der Waals surface area (Å²) in [6.07, 6.45) is 7.78. The van der Waals surface area contributed by atoms with E-state index in [9.17, 15) is 0 Å². The molecule has 0 saturated carbocycles. The van der Waals surface area contributed by atoms with Crippen molar-refractivity contribution in [2.45, 2.75) is 25.3 Å². The number of rotatable bonds is 1. The Morgan fingerprint density at radius 1 is 1.42 bits per heavy atom. The molecular formula is C9H15N3. The number of aromatic nitrogens is 2. The van der Waals surface area contributed by atoms with E-state index in [-0.39, 0.29) is 0 Å². The van der Waals surface area contributed by atoms with E-state index in [1.165, 1.54) is 19.3 Å². The van der Waals surface area contributed by atoms with Crippen molar-refractivity contribution < 1.29 is 0 Å². The van der Waals surface area contributed by atoms with E-state index < -0.39 is 0 Å². The fourth-order valence-corrected chi connectivity index (χ4v) is 1.72. The maximum absolute atomic E-state index is 4.26. The molecule has 1 fully saturated rings. The molecule has 1 saturated heterocycles. The summed E-state index contributed by atoms with van der Waals surface area (Å²) < 4.78 is 2.07. The van der Waals surface area contributed by atoms with Gasteiger partial charge in [-0.3, -0.25) is 4.68 Å². The van der Waals surface area contributed by atoms with Crippen molar-refractivity contribution >= 4 is 0 Å². The van der Waals surface area contributed by atoms with Crippen LogP contribution in [0.15, 0.2) is 18.5 Å². The summed E-state index contributed by atoms with van der Waals surface area (Å²) in [5.41, 5.74) is 0. The zero-order valence-corrected chi connectivity index (χ0v) is 7.24. The van der Waals surface area contributed by atoms with Crippen molar-refractivity contribution in [3.05, 3.63) is 18.5 Å². The summed E-state index contributed by atoms with van der Waals surface area (Å²) in [5, 5.41) is 7.68. The smallest absolute Gasteiger partial charge is 0.0643 e. The van der Waals surface area contributed by atoms with Crippen LogP contribution in [-0.4, -0.2) is 22.9 Å². The zero-order chi connectivity index (χ0) is 8.23. The molecule has 0 amide bonds. The molecule has 0 aromatic carbocycles. The number of nitrogens with zero attached hydrogens (tertiary/aromatic N) is 2. The predicted molar refractivity (Wildman–Crippen MR) is 48.0 cm³/mol. The first-order valence-electron chi connectivity index (χ1n) is 4.66. The van der Waals surface area contributed by atoms with Crippen LogP contribution in [0.1, 0.15) is 25.3 Å². The Balaban J connectivity index is 2.02. The fraction of sp³-hybridized carbons (Fsp3) is 0.667. The number of hydrogen-bond donors (Lipinski definition) is 1. The zero-order valence-electron chi connectivity index (χ0n) is 7.24. The topological polar surface area (TPSA) is 29.9 Å². The van der Waals surface area contributed by atoms with Crippen molar-refractivity contribution in [3.8, 4) is 0 Å². The van der Waals surface area contributed by atoms with Crippen LogP contribution in [0.2, 0.25) is 0 Å². The van der Waals surface area contributed by atoms with Gasteiger partial charge in [-0.1, -0.05) is 6.42 Å². The van der Waals surface area contributed by atoms with E-state index in [1.807, 2.05) is 12.3 Å². The van der Waals surface area contributed by atoms with Crippen LogP contribution < -0.4 is 5.32 Å². The van der Waals surface area contributed by atoms with Gasteiger partial charge in [0.15, 0.2) is 0 Å². The molecule has 1 aliphatic rings. The highest BCUT2D eigenvalue weighted by Crippen LogP contribution is 2.15. The summed E-state index contributed by atoms with van der Waals surface area (Å²) in [6, 6.07) is 2.56. The van der Waals surface area contributed by atoms with Crippen molar-refractivity contribution in [2.75, 3.05) is 13.1 Å². The van der Waals surface area contributed by atoms with Gasteiger partial charge in [0.25, 0.3) is 0 Å². The molecule has 66 valence electrons. The Labute approximate surface area is 72.8 Å². The third-order valence-electron chi connectivity index (χ3n) is 2.42. The van der Waals surface area contributed by atoms with Crippen LogP contribution in [0.5, 0.6) is 0 Å². The van der Waals surface area contributed by atoms with Crippen LogP contribution in [0.4, 0.5) is 0 Å². The molecule has 12 heavy (non-hydrogen) atoms. The second-order valence-corrected chi connectivity index (χ2v) is 3.34. The molecule has 3 heteroatoms. The first-order chi connectivity index (χ1) is 5.97. The quantitative estimate of drug-likeness (QED) is 0.677. The van der Waals surface area contributed by atoms with Crippen LogP contribution in [0.25, 0.3) is 0 Å². The summed E-state index contributed by atoms with van der Waals surface area (Å²) in [4.78, 5) is 0. The van der Waals surface area contributed by atoms with Gasteiger partial charge in [-0.25, -0.2) is 0 Å². The van der Waals surface area contributed by atoms with Crippen LogP contribution >= 0.6 is 0 Å². The van der Waals surface area contributed by atoms with Crippen molar-refractivity contribution in [1.29, 1.82) is 0 Å². The molecule has 1 unspecified atom stereocenters. The minimum atomic E-state index is 0.572. The lowest BCUT2D eigenvalue weighted by Gasteiger charge is -2.14. The molecule has 0 aliphatic carbocycles. The first-order valence-corrected chi connectivity index (χ1v) is 4.66. The van der Waals surface area contributed by atoms with Gasteiger partial charge in [0.2, 0.25) is 0 Å². The molecule has 2 rings (SSSR count). The van der Waals surface area contributed by atoms with Crippen molar-refractivity contribution in [2.24, 2.45) is 0 Å². The Bertz CT molecular complexity index is 210. The van der Waals surface area contributed by atoms with E-state index in [1.54, 1.807) is 0 Å². The Kier molecular flexibility index (Phi) is 2.42. The van der Waals surface area contributed by atoms with E-state index in [4.69, 9.17) is 0 Å². The SMILES string of the molecule is c1cnn(C2CCCCNC2)c1. The van der Waals surface area contributed by atoms with Crippen LogP contribution in [0, 0.1) is 0 Å². The lowest BCUT2D eigenvalue weighted by Crippen LogP contribution is -2.23. The molecule has 1 aliphatic heterocycles. The van der Waals surface area contributed by atoms with Gasteiger partial charge in [0.05, 0.1) is 6.04 Å². The van der Waals surface area contributed by atoms with E-state index >= 15 is 0 Å². The molecule has 1 N–H and O–H groups in total. The van der Waals surface area contributed by atoms with E-state index in [2.05, 4.69) is 21.3 Å². The summed E-state index contributed by atoms with van der Waals surface area (Å²) in [7, 11) is 0. The van der Waals surface area contributed by atoms with E-state index in [0.717, 1.165) is 13.1 Å². The Morgan fingerprint density at radius 3 is 3.25 bits per heavy atom. The molecule has 1 atom stereocenters. The van der Waals surface area contributed by atoms with Gasteiger partial charge in [0.1, 0.15) is 0 Å². The predicted octanol–water partition coefficient (Wildman–Crippen LogP) is 1.20. The number of nitrogens with one attached hydrogen (secondary N) is 1. The molecule has 2 heterocycles. The lowest BCUT2D eigenvalue weighted by molar-refractivity contribution is 0.422. The standard InChI is InChI=1S/C9H15N3/c1-2-5-10-8-9(4-1)12-7-3-6-11-12/h3,6-7,9-10H,1-2,4-5,8H2. The summed E-state index contributed by atoms with van der Waals surface area (Å²) >= 11 is 0. The average Bonchev–Trinajstić information content (AvgIpc) is 2.48. The largest absolute Gasteiger partial charge is 0.315 e. The first kappa shape index (κ1) is 7.80. The Morgan fingerprint density at radius 2 is 2.42 bits per heavy atom. The molecule has 1 aromatic heterocycles. The van der Waals surface area contributed by atoms with Crippen molar-refractivity contribution in [3.63, 3.8) is 0 Å². The van der Waals surface area contributed by atoms with Gasteiger partial charge in [-0.2, -0.15) is 5.10 Å². The second kappa shape index (κ2) is 3.72. The van der Waals surface area contributed by atoms with Gasteiger partial charge >= 0.3 is 0 Å². The molecule has 1 aromatic rings. The van der Waals surface area contributed by atoms with Gasteiger partial charge in [-0.15, -0.1) is 0 Å². The maximum Gasteiger partial charge on any atom is 0.0643 e. The number of hydrogen-bond acceptors (Lipinski definition) is 2. The molecule has 0 bridgehead atoms. The molecule has 3 nitrogen and oxygen atoms in total. The van der Waals surface area contributed by atoms with Crippen LogP contribution in [0.3, 0.4) is 0 Å². The third-order valence-corrected chi connectivity index (χ3v) is 2.42. The highest BCUT2D eigenvalue weighted by Gasteiger charge is 2.12. The normalized spacial score (nSPS) is 25.2. The second-order valence-electron chi connectivity index (χ2n) is 3.34. The lowest BCUT2D eigenvalue weighted by atomic mass is 10.1. The minimum Gasteiger partial charge on any atom is -0.315 e. The highest BCUT2D eigenvalue weighted by molar-refractivity contribution is 4.83. The fourth-order valence-electron chi connectivity index (χ4n) is 1.72. The van der Waals surface area contributed by atoms with E-state index in [0.29, 0.717) is 6.04 Å². The summed E-state index contributed by atoms with van der Waals surface area (Å²) in [5.74, 6) is 0. The molecule has 0 spiro atoms. The van der Waals surface area contributed by atoms with Gasteiger partial charge in [-0.05, 0) is 25.5 Å². The molecule has 0 radical (unpaired) electrons. The molecular weight excluding hydrogens is 150 g/mol. The van der Waals surface area contributed by atoms with Crippen molar-refractivity contribution in [1.82, 2.24) is 15.1 Å². The monoisotopic (exact) mass is 165 g/mol.